The summed E-state index contributed by atoms with van der Waals surface area (Å²) in [5.41, 5.74) is 3.47. The van der Waals surface area contributed by atoms with Gasteiger partial charge in [-0.1, -0.05) is 29.8 Å². The normalized spacial score (nSPS) is 13.1. The Morgan fingerprint density at radius 1 is 1.20 bits per heavy atom. The van der Waals surface area contributed by atoms with Gasteiger partial charge in [0, 0.05) is 12.2 Å². The van der Waals surface area contributed by atoms with E-state index in [4.69, 9.17) is 0 Å². The van der Waals surface area contributed by atoms with Crippen molar-refractivity contribution in [2.24, 2.45) is 0 Å². The van der Waals surface area contributed by atoms with Gasteiger partial charge in [-0.15, -0.1) is 0 Å². The standard InChI is InChI=1S/C19H20FN3O2/c1-13-8-9-17-14(11-13)5-4-10-23(17)12-18(24)22-19(25)21-16-7-3-2-6-15(16)20/h2-3,6-9,11H,4-5,10,12H2,1H3,(H2,21,22,24,25). The van der Waals surface area contributed by atoms with Crippen molar-refractivity contribution in [3.8, 4) is 0 Å². The van der Waals surface area contributed by atoms with E-state index in [0.29, 0.717) is 0 Å². The lowest BCUT2D eigenvalue weighted by molar-refractivity contribution is -0.118. The van der Waals surface area contributed by atoms with E-state index in [2.05, 4.69) is 16.7 Å². The van der Waals surface area contributed by atoms with Gasteiger partial charge in [0.05, 0.1) is 12.2 Å². The summed E-state index contributed by atoms with van der Waals surface area (Å²) in [6.07, 6.45) is 1.95. The predicted octanol–water partition coefficient (Wildman–Crippen LogP) is 3.24. The number of nitrogens with one attached hydrogen (secondary N) is 2. The molecule has 1 heterocycles. The number of carbonyl (C=O) groups is 2. The van der Waals surface area contributed by atoms with Gasteiger partial charge in [-0.05, 0) is 43.5 Å². The molecule has 0 atom stereocenters. The largest absolute Gasteiger partial charge is 0.362 e. The van der Waals surface area contributed by atoms with Crippen LogP contribution in [-0.4, -0.2) is 25.0 Å². The highest BCUT2D eigenvalue weighted by Gasteiger charge is 2.20. The molecule has 0 radical (unpaired) electrons. The highest BCUT2D eigenvalue weighted by Crippen LogP contribution is 2.27. The maximum absolute atomic E-state index is 13.5. The molecule has 3 amide bonds. The van der Waals surface area contributed by atoms with Crippen LogP contribution in [0.5, 0.6) is 0 Å². The maximum Gasteiger partial charge on any atom is 0.326 e. The van der Waals surface area contributed by atoms with E-state index in [0.717, 1.165) is 25.1 Å². The lowest BCUT2D eigenvalue weighted by Crippen LogP contribution is -2.43. The molecule has 1 aliphatic rings. The molecule has 2 aromatic rings. The zero-order chi connectivity index (χ0) is 17.8. The van der Waals surface area contributed by atoms with Crippen molar-refractivity contribution in [3.05, 3.63) is 59.4 Å². The first kappa shape index (κ1) is 17.0. The van der Waals surface area contributed by atoms with E-state index in [-0.39, 0.29) is 12.2 Å². The average molecular weight is 341 g/mol. The van der Waals surface area contributed by atoms with Crippen LogP contribution in [-0.2, 0) is 11.2 Å². The molecule has 2 N–H and O–H groups in total. The van der Waals surface area contributed by atoms with Crippen LogP contribution < -0.4 is 15.5 Å². The molecule has 0 aliphatic carbocycles. The van der Waals surface area contributed by atoms with E-state index in [1.54, 1.807) is 6.07 Å². The van der Waals surface area contributed by atoms with E-state index in [9.17, 15) is 14.0 Å². The summed E-state index contributed by atoms with van der Waals surface area (Å²) in [6.45, 7) is 2.89. The van der Waals surface area contributed by atoms with Gasteiger partial charge in [0.15, 0.2) is 0 Å². The van der Waals surface area contributed by atoms with Crippen molar-refractivity contribution in [1.82, 2.24) is 5.32 Å². The van der Waals surface area contributed by atoms with Gasteiger partial charge in [0.25, 0.3) is 0 Å². The summed E-state index contributed by atoms with van der Waals surface area (Å²) in [7, 11) is 0. The second-order valence-corrected chi connectivity index (χ2v) is 6.14. The Labute approximate surface area is 145 Å². The number of anilines is 2. The van der Waals surface area contributed by atoms with Crippen molar-refractivity contribution in [2.45, 2.75) is 19.8 Å². The van der Waals surface area contributed by atoms with Crippen LogP contribution in [0.2, 0.25) is 0 Å². The molecular formula is C19H20FN3O2. The number of rotatable bonds is 3. The molecule has 1 aliphatic heterocycles. The number of hydrogen-bond donors (Lipinski definition) is 2. The van der Waals surface area contributed by atoms with Crippen LogP contribution in [0.1, 0.15) is 17.5 Å². The Morgan fingerprint density at radius 3 is 2.80 bits per heavy atom. The Kier molecular flexibility index (Phi) is 4.97. The second kappa shape index (κ2) is 7.34. The minimum absolute atomic E-state index is 0.0339. The van der Waals surface area contributed by atoms with Gasteiger partial charge < -0.3 is 10.2 Å². The number of carbonyl (C=O) groups excluding carboxylic acids is 2. The highest BCUT2D eigenvalue weighted by atomic mass is 19.1. The molecule has 5 nitrogen and oxygen atoms in total. The summed E-state index contributed by atoms with van der Waals surface area (Å²) in [6, 6.07) is 11.2. The van der Waals surface area contributed by atoms with E-state index in [1.165, 1.54) is 29.3 Å². The molecule has 0 bridgehead atoms. The molecule has 0 fully saturated rings. The molecule has 130 valence electrons. The lowest BCUT2D eigenvalue weighted by Gasteiger charge is -2.30. The number of para-hydroxylation sites is 1. The third-order valence-electron chi connectivity index (χ3n) is 4.16. The Morgan fingerprint density at radius 2 is 2.00 bits per heavy atom. The van der Waals surface area contributed by atoms with Gasteiger partial charge in [-0.3, -0.25) is 10.1 Å². The Hall–Kier alpha value is -2.89. The first-order chi connectivity index (χ1) is 12.0. The van der Waals surface area contributed by atoms with E-state index >= 15 is 0 Å². The fourth-order valence-electron chi connectivity index (χ4n) is 3.02. The van der Waals surface area contributed by atoms with Crippen LogP contribution in [0.3, 0.4) is 0 Å². The fourth-order valence-corrected chi connectivity index (χ4v) is 3.02. The number of benzene rings is 2. The number of fused-ring (bicyclic) bond motifs is 1. The van der Waals surface area contributed by atoms with Gasteiger partial charge in [0.1, 0.15) is 5.82 Å². The molecule has 0 saturated carbocycles. The molecule has 6 heteroatoms. The number of amides is 3. The molecule has 0 spiro atoms. The molecular weight excluding hydrogens is 321 g/mol. The molecule has 3 rings (SSSR count). The minimum atomic E-state index is -0.740. The summed E-state index contributed by atoms with van der Waals surface area (Å²) < 4.78 is 13.5. The summed E-state index contributed by atoms with van der Waals surface area (Å²) in [4.78, 5) is 26.0. The zero-order valence-electron chi connectivity index (χ0n) is 14.0. The van der Waals surface area contributed by atoms with Crippen LogP contribution in [0.15, 0.2) is 42.5 Å². The van der Waals surface area contributed by atoms with Crippen LogP contribution in [0.25, 0.3) is 0 Å². The maximum atomic E-state index is 13.5. The quantitative estimate of drug-likeness (QED) is 0.901. The van der Waals surface area contributed by atoms with Crippen molar-refractivity contribution >= 4 is 23.3 Å². The lowest BCUT2D eigenvalue weighted by atomic mass is 9.99. The summed E-state index contributed by atoms with van der Waals surface area (Å²) in [5.74, 6) is -0.979. The van der Waals surface area contributed by atoms with Crippen molar-refractivity contribution in [1.29, 1.82) is 0 Å². The number of urea groups is 1. The second-order valence-electron chi connectivity index (χ2n) is 6.14. The summed E-state index contributed by atoms with van der Waals surface area (Å²) in [5, 5.41) is 4.59. The first-order valence-corrected chi connectivity index (χ1v) is 8.23. The SMILES string of the molecule is Cc1ccc2c(c1)CCCN2CC(=O)NC(=O)Nc1ccccc1F. The van der Waals surface area contributed by atoms with Gasteiger partial charge in [-0.2, -0.15) is 0 Å². The van der Waals surface area contributed by atoms with Crippen LogP contribution in [0.4, 0.5) is 20.6 Å². The molecule has 0 unspecified atom stereocenters. The monoisotopic (exact) mass is 341 g/mol. The number of halogens is 1. The third kappa shape index (κ3) is 4.15. The van der Waals surface area contributed by atoms with Crippen LogP contribution in [0, 0.1) is 12.7 Å². The summed E-state index contributed by atoms with van der Waals surface area (Å²) >= 11 is 0. The Balaban J connectivity index is 1.60. The van der Waals surface area contributed by atoms with Crippen LogP contribution >= 0.6 is 0 Å². The molecule has 2 aromatic carbocycles. The van der Waals surface area contributed by atoms with Crippen molar-refractivity contribution in [3.63, 3.8) is 0 Å². The van der Waals surface area contributed by atoms with Gasteiger partial charge in [-0.25, -0.2) is 9.18 Å². The van der Waals surface area contributed by atoms with Gasteiger partial charge >= 0.3 is 6.03 Å². The number of hydrogen-bond acceptors (Lipinski definition) is 3. The highest BCUT2D eigenvalue weighted by molar-refractivity contribution is 6.02. The number of imide groups is 1. The number of aryl methyl sites for hydroxylation is 2. The zero-order valence-corrected chi connectivity index (χ0v) is 14.0. The average Bonchev–Trinajstić information content (AvgIpc) is 2.56. The Bertz CT molecular complexity index is 807. The molecule has 25 heavy (non-hydrogen) atoms. The predicted molar refractivity (Wildman–Crippen MR) is 95.3 cm³/mol. The first-order valence-electron chi connectivity index (χ1n) is 8.23. The molecule has 0 aromatic heterocycles. The van der Waals surface area contributed by atoms with E-state index in [1.807, 2.05) is 24.0 Å². The third-order valence-corrected chi connectivity index (χ3v) is 4.16. The molecule has 0 saturated heterocycles. The van der Waals surface area contributed by atoms with E-state index < -0.39 is 17.8 Å². The number of nitrogens with zero attached hydrogens (tertiary/aromatic N) is 1. The fraction of sp³-hybridized carbons (Fsp3) is 0.263. The van der Waals surface area contributed by atoms with Crippen molar-refractivity contribution in [2.75, 3.05) is 23.3 Å². The smallest absolute Gasteiger partial charge is 0.326 e. The minimum Gasteiger partial charge on any atom is -0.362 e. The van der Waals surface area contributed by atoms with Gasteiger partial charge in [0.2, 0.25) is 5.91 Å². The van der Waals surface area contributed by atoms with Crippen molar-refractivity contribution < 1.29 is 14.0 Å². The topological polar surface area (TPSA) is 61.4 Å².